The van der Waals surface area contributed by atoms with Crippen LogP contribution in [0.1, 0.15) is 45.1 Å². The number of carbonyl (C=O) groups excluding carboxylic acids is 3. The molecule has 0 radical (unpaired) electrons. The van der Waals surface area contributed by atoms with Crippen LogP contribution in [0.25, 0.3) is 5.70 Å². The van der Waals surface area contributed by atoms with Gasteiger partial charge in [0.15, 0.2) is 11.3 Å². The van der Waals surface area contributed by atoms with Gasteiger partial charge in [-0.3, -0.25) is 29.7 Å². The molecular weight excluding hydrogens is 520 g/mol. The van der Waals surface area contributed by atoms with Gasteiger partial charge in [-0.15, -0.1) is 0 Å². The predicted octanol–water partition coefficient (Wildman–Crippen LogP) is 4.41. The summed E-state index contributed by atoms with van der Waals surface area (Å²) < 4.78 is 0.114. The van der Waals surface area contributed by atoms with E-state index in [9.17, 15) is 19.5 Å². The minimum Gasteiger partial charge on any atom is -0.492 e. The Morgan fingerprint density at radius 3 is 2.68 bits per heavy atom. The molecule has 1 aliphatic carbocycles. The van der Waals surface area contributed by atoms with E-state index < -0.39 is 17.7 Å². The number of hydrazine groups is 1. The number of fused-ring (bicyclic) bond motifs is 3. The topological polar surface area (TPSA) is 102 Å². The van der Waals surface area contributed by atoms with Crippen LogP contribution >= 0.6 is 27.7 Å². The molecule has 178 valence electrons. The van der Waals surface area contributed by atoms with Crippen LogP contribution in [0.4, 0.5) is 5.69 Å². The number of para-hydroxylation sites is 1. The van der Waals surface area contributed by atoms with Gasteiger partial charge in [0, 0.05) is 23.8 Å². The summed E-state index contributed by atoms with van der Waals surface area (Å²) in [6.07, 6.45) is 6.38. The Labute approximate surface area is 210 Å². The number of aliphatic imine (C=N–C) groups is 1. The van der Waals surface area contributed by atoms with E-state index in [0.717, 1.165) is 31.4 Å². The molecule has 34 heavy (non-hydrogen) atoms. The van der Waals surface area contributed by atoms with E-state index in [-0.39, 0.29) is 16.3 Å². The third-order valence-electron chi connectivity index (χ3n) is 5.69. The second kappa shape index (κ2) is 10.2. The van der Waals surface area contributed by atoms with E-state index in [2.05, 4.69) is 33.3 Å². The van der Waals surface area contributed by atoms with Crippen molar-refractivity contribution in [2.45, 2.75) is 45.7 Å². The monoisotopic (exact) mass is 544 g/mol. The van der Waals surface area contributed by atoms with E-state index in [1.54, 1.807) is 28.1 Å². The maximum absolute atomic E-state index is 12.9. The van der Waals surface area contributed by atoms with E-state index in [0.29, 0.717) is 27.7 Å². The molecule has 0 unspecified atom stereocenters. The highest BCUT2D eigenvalue weighted by atomic mass is 79.9. The Bertz CT molecular complexity index is 1170. The minimum absolute atomic E-state index is 0.114. The summed E-state index contributed by atoms with van der Waals surface area (Å²) in [5.74, 6) is -0.954. The highest BCUT2D eigenvalue weighted by Crippen LogP contribution is 2.43. The van der Waals surface area contributed by atoms with E-state index in [4.69, 9.17) is 0 Å². The maximum atomic E-state index is 12.9. The molecule has 0 fully saturated rings. The average Bonchev–Trinajstić information content (AvgIpc) is 2.80. The van der Waals surface area contributed by atoms with Crippen LogP contribution in [0, 0.1) is 0 Å². The third-order valence-corrected chi connectivity index (χ3v) is 7.23. The van der Waals surface area contributed by atoms with Crippen LogP contribution < -0.4 is 10.3 Å². The molecular formula is C24H25BrN4O4S. The second-order valence-corrected chi connectivity index (χ2v) is 10.0. The Morgan fingerprint density at radius 2 is 1.97 bits per heavy atom. The number of rotatable bonds is 6. The number of aliphatic hydroxyl groups is 1. The van der Waals surface area contributed by atoms with Gasteiger partial charge in [0.1, 0.15) is 5.70 Å². The van der Waals surface area contributed by atoms with E-state index >= 15 is 0 Å². The zero-order valence-electron chi connectivity index (χ0n) is 18.9. The SMILES string of the molecule is CCCCCCSC1=NC(O)=C2c3ccccc3N(C(C)=O)[C@H](C3=CC(=O)C(=O)C(Br)=C3)N2N1. The third kappa shape index (κ3) is 4.56. The molecule has 0 spiro atoms. The molecule has 0 saturated heterocycles. The minimum atomic E-state index is -0.833. The Hall–Kier alpha value is -2.85. The zero-order chi connectivity index (χ0) is 24.4. The molecule has 0 aromatic heterocycles. The first-order valence-corrected chi connectivity index (χ1v) is 12.9. The van der Waals surface area contributed by atoms with Crippen LogP contribution in [0.5, 0.6) is 0 Å². The van der Waals surface area contributed by atoms with Crippen molar-refractivity contribution in [3.63, 3.8) is 0 Å². The van der Waals surface area contributed by atoms with Gasteiger partial charge in [-0.05, 0) is 40.6 Å². The summed E-state index contributed by atoms with van der Waals surface area (Å²) in [4.78, 5) is 43.2. The summed E-state index contributed by atoms with van der Waals surface area (Å²) in [5, 5.41) is 13.1. The van der Waals surface area contributed by atoms with Crippen LogP contribution in [-0.2, 0) is 14.4 Å². The number of unbranched alkanes of at least 4 members (excludes halogenated alkanes) is 3. The molecule has 0 bridgehead atoms. The van der Waals surface area contributed by atoms with E-state index in [1.807, 2.05) is 6.07 Å². The molecule has 1 atom stereocenters. The smallest absolute Gasteiger partial charge is 0.240 e. The number of benzene rings is 1. The summed E-state index contributed by atoms with van der Waals surface area (Å²) >= 11 is 4.66. The van der Waals surface area contributed by atoms with Crippen molar-refractivity contribution >= 4 is 61.7 Å². The van der Waals surface area contributed by atoms with Crippen molar-refractivity contribution in [2.24, 2.45) is 4.99 Å². The number of halogens is 1. The van der Waals surface area contributed by atoms with Crippen LogP contribution in [0.15, 0.2) is 57.3 Å². The summed E-state index contributed by atoms with van der Waals surface area (Å²) in [7, 11) is 0. The number of carbonyl (C=O) groups is 3. The Balaban J connectivity index is 1.79. The van der Waals surface area contributed by atoms with Crippen LogP contribution in [0.2, 0.25) is 0 Å². The lowest BCUT2D eigenvalue weighted by Gasteiger charge is -2.48. The number of ketones is 2. The van der Waals surface area contributed by atoms with Crippen molar-refractivity contribution in [1.82, 2.24) is 10.4 Å². The summed E-state index contributed by atoms with van der Waals surface area (Å²) in [6, 6.07) is 7.19. The molecule has 10 heteroatoms. The molecule has 8 nitrogen and oxygen atoms in total. The molecule has 1 aromatic rings. The first-order chi connectivity index (χ1) is 16.3. The quantitative estimate of drug-likeness (QED) is 0.310. The standard InChI is InChI=1S/C24H25BrN4O4S/c1-3-4-5-8-11-34-24-26-22(33)20-16-9-6-7-10-18(16)28(14(2)30)23(29(20)27-24)15-12-17(25)21(32)19(31)13-15/h6-7,9-10,12-13,23,33H,3-5,8,11H2,1-2H3,(H,26,27)/t23-/m0/s1. The van der Waals surface area contributed by atoms with Crippen LogP contribution in [-0.4, -0.2) is 44.7 Å². The number of allylic oxidation sites excluding steroid dienone is 2. The number of hydrogen-bond donors (Lipinski definition) is 2. The van der Waals surface area contributed by atoms with Gasteiger partial charge in [-0.2, -0.15) is 4.99 Å². The van der Waals surface area contributed by atoms with Crippen molar-refractivity contribution in [2.75, 3.05) is 10.7 Å². The molecule has 2 heterocycles. The molecule has 1 amide bonds. The summed E-state index contributed by atoms with van der Waals surface area (Å²) in [6.45, 7) is 3.60. The molecule has 0 saturated carbocycles. The van der Waals surface area contributed by atoms with Crippen molar-refractivity contribution in [3.8, 4) is 0 Å². The number of nitrogens with one attached hydrogen (secondary N) is 1. The van der Waals surface area contributed by atoms with Gasteiger partial charge in [0.25, 0.3) is 0 Å². The summed E-state index contributed by atoms with van der Waals surface area (Å²) in [5.41, 5.74) is 5.25. The average molecular weight is 545 g/mol. The van der Waals surface area contributed by atoms with Gasteiger partial charge in [0.05, 0.1) is 10.2 Å². The number of amides is 1. The molecule has 3 aliphatic rings. The van der Waals surface area contributed by atoms with Gasteiger partial charge in [0.2, 0.25) is 23.4 Å². The number of anilines is 1. The Kier molecular flexibility index (Phi) is 7.27. The number of amidine groups is 1. The number of hydrogen-bond acceptors (Lipinski definition) is 8. The number of nitrogens with zero attached hydrogens (tertiary/aromatic N) is 3. The number of Topliss-reactive ketones (excluding diaryl/α,β-unsaturated/α-hetero) is 1. The number of aliphatic hydroxyl groups excluding tert-OH is 1. The first kappa shape index (κ1) is 24.3. The molecule has 4 rings (SSSR count). The predicted molar refractivity (Wildman–Crippen MR) is 137 cm³/mol. The van der Waals surface area contributed by atoms with Gasteiger partial charge >= 0.3 is 0 Å². The second-order valence-electron chi connectivity index (χ2n) is 8.09. The highest BCUT2D eigenvalue weighted by molar-refractivity contribution is 9.12. The molecule has 1 aromatic carbocycles. The largest absolute Gasteiger partial charge is 0.492 e. The van der Waals surface area contributed by atoms with E-state index in [1.165, 1.54) is 30.8 Å². The fraction of sp³-hybridized carbons (Fsp3) is 0.333. The fourth-order valence-corrected chi connectivity index (χ4v) is 5.46. The first-order valence-electron chi connectivity index (χ1n) is 11.1. The van der Waals surface area contributed by atoms with Crippen molar-refractivity contribution in [3.05, 3.63) is 57.9 Å². The maximum Gasteiger partial charge on any atom is 0.240 e. The van der Waals surface area contributed by atoms with Crippen LogP contribution in [0.3, 0.4) is 0 Å². The molecule has 2 N–H and O–H groups in total. The lowest BCUT2D eigenvalue weighted by Crippen LogP contribution is -2.60. The van der Waals surface area contributed by atoms with Crippen molar-refractivity contribution in [1.29, 1.82) is 0 Å². The molecule has 2 aliphatic heterocycles. The lowest BCUT2D eigenvalue weighted by molar-refractivity contribution is -0.131. The zero-order valence-corrected chi connectivity index (χ0v) is 21.3. The highest BCUT2D eigenvalue weighted by Gasteiger charge is 2.44. The van der Waals surface area contributed by atoms with Gasteiger partial charge in [-0.25, -0.2) is 0 Å². The number of thioether (sulfide) groups is 1. The Morgan fingerprint density at radius 1 is 1.21 bits per heavy atom. The fourth-order valence-electron chi connectivity index (χ4n) is 4.15. The van der Waals surface area contributed by atoms with Gasteiger partial charge in [-0.1, -0.05) is 56.1 Å². The lowest BCUT2D eigenvalue weighted by atomic mass is 9.96. The van der Waals surface area contributed by atoms with Crippen molar-refractivity contribution < 1.29 is 19.5 Å². The normalized spacial score (nSPS) is 19.7. The van der Waals surface area contributed by atoms with Gasteiger partial charge < -0.3 is 5.11 Å².